The predicted octanol–water partition coefficient (Wildman–Crippen LogP) is 2.92. The first-order valence-electron chi connectivity index (χ1n) is 4.77. The number of rotatable bonds is 0. The number of benzene rings is 2. The van der Waals surface area contributed by atoms with Gasteiger partial charge < -0.3 is 0 Å². The van der Waals surface area contributed by atoms with Crippen molar-refractivity contribution in [3.63, 3.8) is 0 Å². The van der Waals surface area contributed by atoms with Crippen LogP contribution in [0.2, 0.25) is 0 Å². The molecule has 0 fully saturated rings. The lowest BCUT2D eigenvalue weighted by atomic mass is 10.1. The maximum atomic E-state index is 3.79. The van der Waals surface area contributed by atoms with E-state index in [1.54, 1.807) is 0 Å². The second-order valence-electron chi connectivity index (χ2n) is 3.61. The highest BCUT2D eigenvalue weighted by atomic mass is 28.1. The molecule has 2 aromatic rings. The Bertz CT molecular complexity index is 443. The third kappa shape index (κ3) is 0.932. The van der Waals surface area contributed by atoms with Crippen LogP contribution in [0, 0.1) is 0 Å². The Morgan fingerprint density at radius 2 is 1.14 bits per heavy atom. The van der Waals surface area contributed by atoms with Gasteiger partial charge in [-0.2, -0.15) is 0 Å². The molecule has 1 aliphatic rings. The van der Waals surface area contributed by atoms with Crippen molar-refractivity contribution in [3.8, 4) is 11.1 Å². The molecule has 0 saturated carbocycles. The van der Waals surface area contributed by atoms with Crippen LogP contribution < -0.4 is 0 Å². The van der Waals surface area contributed by atoms with Crippen LogP contribution in [0.4, 0.5) is 0 Å². The van der Waals surface area contributed by atoms with Crippen LogP contribution in [0.3, 0.4) is 0 Å². The molecule has 14 heavy (non-hydrogen) atoms. The first-order valence-corrected chi connectivity index (χ1v) is 5.35. The van der Waals surface area contributed by atoms with E-state index in [9.17, 15) is 0 Å². The van der Waals surface area contributed by atoms with E-state index >= 15 is 0 Å². The van der Waals surface area contributed by atoms with Crippen molar-refractivity contribution in [2.75, 3.05) is 0 Å². The van der Waals surface area contributed by atoms with Gasteiger partial charge in [0.15, 0.2) is 0 Å². The molecule has 3 radical (unpaired) electrons. The standard InChI is InChI=1S/C13H9Si/c14-13-11-7-3-1-5-9(11)10-6-2-4-8-12(10)13/h1-8,13H. The fourth-order valence-electron chi connectivity index (χ4n) is 2.16. The van der Waals surface area contributed by atoms with E-state index in [0.29, 0.717) is 5.54 Å². The van der Waals surface area contributed by atoms with Crippen molar-refractivity contribution in [1.29, 1.82) is 0 Å². The van der Waals surface area contributed by atoms with Crippen LogP contribution in [0.1, 0.15) is 16.7 Å². The molecule has 65 valence electrons. The van der Waals surface area contributed by atoms with Gasteiger partial charge in [0.1, 0.15) is 0 Å². The molecule has 0 aromatic heterocycles. The molecule has 0 unspecified atom stereocenters. The number of hydrogen-bond donors (Lipinski definition) is 0. The van der Waals surface area contributed by atoms with Gasteiger partial charge in [0.25, 0.3) is 0 Å². The zero-order valence-electron chi connectivity index (χ0n) is 7.70. The lowest BCUT2D eigenvalue weighted by Crippen LogP contribution is -1.93. The van der Waals surface area contributed by atoms with Gasteiger partial charge in [-0.15, -0.1) is 0 Å². The Hall–Kier alpha value is -1.34. The highest BCUT2D eigenvalue weighted by molar-refractivity contribution is 6.17. The normalized spacial score (nSPS) is 13.8. The SMILES string of the molecule is [Si]C1c2ccccc2-c2ccccc21. The molecular weight excluding hydrogens is 184 g/mol. The first-order chi connectivity index (χ1) is 6.88. The Balaban J connectivity index is 2.36. The zero-order valence-corrected chi connectivity index (χ0v) is 8.70. The van der Waals surface area contributed by atoms with E-state index in [1.807, 2.05) is 0 Å². The molecular formula is C13H9Si. The van der Waals surface area contributed by atoms with Crippen molar-refractivity contribution in [1.82, 2.24) is 0 Å². The van der Waals surface area contributed by atoms with Gasteiger partial charge in [0.05, 0.1) is 0 Å². The van der Waals surface area contributed by atoms with Crippen LogP contribution in [0.15, 0.2) is 48.5 Å². The van der Waals surface area contributed by atoms with Gasteiger partial charge in [-0.05, 0) is 27.8 Å². The predicted molar refractivity (Wildman–Crippen MR) is 59.5 cm³/mol. The van der Waals surface area contributed by atoms with Crippen LogP contribution >= 0.6 is 0 Å². The first kappa shape index (κ1) is 8.01. The largest absolute Gasteiger partial charge is 0.0619 e. The average molecular weight is 193 g/mol. The molecule has 0 atom stereocenters. The Labute approximate surface area is 87.0 Å². The molecule has 0 bridgehead atoms. The van der Waals surface area contributed by atoms with Crippen LogP contribution in [-0.4, -0.2) is 10.2 Å². The molecule has 3 rings (SSSR count). The zero-order chi connectivity index (χ0) is 9.54. The smallest absolute Gasteiger partial charge is 0.0397 e. The molecule has 0 nitrogen and oxygen atoms in total. The summed E-state index contributed by atoms with van der Waals surface area (Å²) in [4.78, 5) is 0. The van der Waals surface area contributed by atoms with Crippen molar-refractivity contribution in [2.45, 2.75) is 5.54 Å². The van der Waals surface area contributed by atoms with Gasteiger partial charge >= 0.3 is 0 Å². The van der Waals surface area contributed by atoms with Gasteiger partial charge in [0.2, 0.25) is 0 Å². The van der Waals surface area contributed by atoms with Crippen molar-refractivity contribution >= 4 is 10.2 Å². The highest BCUT2D eigenvalue weighted by Crippen LogP contribution is 2.42. The van der Waals surface area contributed by atoms with E-state index in [0.717, 1.165) is 0 Å². The number of fused-ring (bicyclic) bond motifs is 3. The molecule has 1 heteroatoms. The lowest BCUT2D eigenvalue weighted by Gasteiger charge is -2.04. The summed E-state index contributed by atoms with van der Waals surface area (Å²) in [6.45, 7) is 0. The van der Waals surface area contributed by atoms with Gasteiger partial charge in [0, 0.05) is 10.2 Å². The maximum absolute atomic E-state index is 3.79. The fourth-order valence-corrected chi connectivity index (χ4v) is 2.66. The Morgan fingerprint density at radius 3 is 1.64 bits per heavy atom. The number of hydrogen-bond acceptors (Lipinski definition) is 0. The van der Waals surface area contributed by atoms with Crippen LogP contribution in [0.5, 0.6) is 0 Å². The van der Waals surface area contributed by atoms with Gasteiger partial charge in [-0.1, -0.05) is 48.5 Å². The van der Waals surface area contributed by atoms with Crippen molar-refractivity contribution in [2.24, 2.45) is 0 Å². The van der Waals surface area contributed by atoms with Crippen LogP contribution in [0.25, 0.3) is 11.1 Å². The molecule has 0 heterocycles. The van der Waals surface area contributed by atoms with Crippen LogP contribution in [-0.2, 0) is 0 Å². The third-order valence-electron chi connectivity index (χ3n) is 2.83. The summed E-state index contributed by atoms with van der Waals surface area (Å²) in [5.41, 5.74) is 5.85. The molecule has 0 amide bonds. The molecule has 0 aliphatic heterocycles. The molecule has 0 N–H and O–H groups in total. The fraction of sp³-hybridized carbons (Fsp3) is 0.0769. The third-order valence-corrected chi connectivity index (χ3v) is 3.46. The summed E-state index contributed by atoms with van der Waals surface area (Å²) in [6, 6.07) is 17.1. The minimum Gasteiger partial charge on any atom is -0.0619 e. The second kappa shape index (κ2) is 2.82. The van der Waals surface area contributed by atoms with Crippen molar-refractivity contribution < 1.29 is 0 Å². The Morgan fingerprint density at radius 1 is 0.714 bits per heavy atom. The summed E-state index contributed by atoms with van der Waals surface area (Å²) in [6.07, 6.45) is 0. The minimum atomic E-state index is 0.363. The molecule has 0 saturated heterocycles. The van der Waals surface area contributed by atoms with E-state index in [2.05, 4.69) is 58.8 Å². The lowest BCUT2D eigenvalue weighted by molar-refractivity contribution is 1.20. The van der Waals surface area contributed by atoms with E-state index in [4.69, 9.17) is 0 Å². The summed E-state index contributed by atoms with van der Waals surface area (Å²) >= 11 is 0. The summed E-state index contributed by atoms with van der Waals surface area (Å²) in [7, 11) is 3.79. The molecule has 2 aromatic carbocycles. The molecule has 1 aliphatic carbocycles. The minimum absolute atomic E-state index is 0.363. The topological polar surface area (TPSA) is 0 Å². The van der Waals surface area contributed by atoms with Gasteiger partial charge in [-0.25, -0.2) is 0 Å². The second-order valence-corrected chi connectivity index (χ2v) is 4.18. The average Bonchev–Trinajstić information content (AvgIpc) is 2.55. The maximum Gasteiger partial charge on any atom is 0.0397 e. The summed E-state index contributed by atoms with van der Waals surface area (Å²) in [5, 5.41) is 0. The van der Waals surface area contributed by atoms with Crippen molar-refractivity contribution in [3.05, 3.63) is 59.7 Å². The monoisotopic (exact) mass is 193 g/mol. The Kier molecular flexibility index (Phi) is 1.61. The quantitative estimate of drug-likeness (QED) is 0.564. The highest BCUT2D eigenvalue weighted by Gasteiger charge is 2.23. The van der Waals surface area contributed by atoms with Gasteiger partial charge in [-0.3, -0.25) is 0 Å². The van der Waals surface area contributed by atoms with E-state index in [-0.39, 0.29) is 0 Å². The summed E-state index contributed by atoms with van der Waals surface area (Å²) in [5.74, 6) is 0. The molecule has 0 spiro atoms. The summed E-state index contributed by atoms with van der Waals surface area (Å²) < 4.78 is 0. The van der Waals surface area contributed by atoms with E-state index < -0.39 is 0 Å². The van der Waals surface area contributed by atoms with E-state index in [1.165, 1.54) is 22.3 Å².